The summed E-state index contributed by atoms with van der Waals surface area (Å²) in [4.78, 5) is 0. The number of rotatable bonds is 9. The van der Waals surface area contributed by atoms with Gasteiger partial charge in [0, 0.05) is 0 Å². The van der Waals surface area contributed by atoms with Crippen LogP contribution in [-0.2, 0) is 4.12 Å². The van der Waals surface area contributed by atoms with E-state index in [-0.39, 0.29) is 0 Å². The molecular formula is C12H28OSi2. The summed E-state index contributed by atoms with van der Waals surface area (Å²) in [5.41, 5.74) is 0. The Balaban J connectivity index is 4.26. The molecule has 1 atom stereocenters. The van der Waals surface area contributed by atoms with Gasteiger partial charge in [0.25, 0.3) is 0 Å². The Morgan fingerprint density at radius 2 is 1.67 bits per heavy atom. The van der Waals surface area contributed by atoms with Crippen molar-refractivity contribution in [2.24, 2.45) is 0 Å². The topological polar surface area (TPSA) is 9.23 Å². The van der Waals surface area contributed by atoms with Crippen molar-refractivity contribution in [3.05, 3.63) is 12.7 Å². The third-order valence-electron chi connectivity index (χ3n) is 3.50. The van der Waals surface area contributed by atoms with Crippen LogP contribution in [0.2, 0.25) is 30.2 Å². The van der Waals surface area contributed by atoms with Crippen LogP contribution in [0, 0.1) is 0 Å². The van der Waals surface area contributed by atoms with E-state index < -0.39 is 17.4 Å². The maximum absolute atomic E-state index is 6.57. The van der Waals surface area contributed by atoms with Gasteiger partial charge in [0.1, 0.15) is 0 Å². The van der Waals surface area contributed by atoms with E-state index in [1.54, 1.807) is 0 Å². The Hall–Kier alpha value is 0.134. The minimum Gasteiger partial charge on any atom is -0.457 e. The average molecular weight is 245 g/mol. The van der Waals surface area contributed by atoms with Crippen LogP contribution in [0.25, 0.3) is 0 Å². The summed E-state index contributed by atoms with van der Waals surface area (Å²) < 4.78 is 6.57. The molecule has 90 valence electrons. The smallest absolute Gasteiger partial charge is 0.178 e. The molecule has 0 saturated carbocycles. The molecule has 0 aliphatic heterocycles. The van der Waals surface area contributed by atoms with Gasteiger partial charge in [-0.25, -0.2) is 0 Å². The minimum atomic E-state index is -1.32. The van der Waals surface area contributed by atoms with Crippen LogP contribution in [0.5, 0.6) is 0 Å². The van der Waals surface area contributed by atoms with Crippen LogP contribution >= 0.6 is 0 Å². The normalized spacial score (nSPS) is 13.9. The first-order valence-electron chi connectivity index (χ1n) is 6.46. The van der Waals surface area contributed by atoms with Gasteiger partial charge in [0.05, 0.1) is 0 Å². The van der Waals surface area contributed by atoms with E-state index >= 15 is 0 Å². The molecule has 0 N–H and O–H groups in total. The fourth-order valence-electron chi connectivity index (χ4n) is 2.00. The maximum atomic E-state index is 6.57. The molecule has 0 amide bonds. The van der Waals surface area contributed by atoms with E-state index in [0.717, 1.165) is 6.42 Å². The van der Waals surface area contributed by atoms with Crippen molar-refractivity contribution in [3.8, 4) is 0 Å². The third-order valence-corrected chi connectivity index (χ3v) is 12.6. The average Bonchev–Trinajstić information content (AvgIpc) is 2.30. The molecule has 15 heavy (non-hydrogen) atoms. The highest BCUT2D eigenvalue weighted by Gasteiger charge is 2.31. The molecule has 0 radical (unpaired) electrons. The number of hydrogen-bond acceptors (Lipinski definition) is 1. The standard InChI is InChI=1S/C12H28OSi2/c1-6-11-12-14(7-2)13-15(8-3,9-4)10-5/h6,14H,1,7-12H2,2-5H3. The SMILES string of the molecule is C=CCC[SiH](CC)O[Si](CC)(CC)CC. The number of hydrogen-bond donors (Lipinski definition) is 0. The zero-order chi connectivity index (χ0) is 11.7. The maximum Gasteiger partial charge on any atom is 0.178 e. The highest BCUT2D eigenvalue weighted by molar-refractivity contribution is 6.80. The molecule has 0 fully saturated rings. The van der Waals surface area contributed by atoms with Gasteiger partial charge in [-0.1, -0.05) is 33.8 Å². The van der Waals surface area contributed by atoms with E-state index in [4.69, 9.17) is 4.12 Å². The molecule has 0 aliphatic rings. The lowest BCUT2D eigenvalue weighted by Crippen LogP contribution is -2.41. The van der Waals surface area contributed by atoms with Crippen molar-refractivity contribution in [1.82, 2.24) is 0 Å². The van der Waals surface area contributed by atoms with Gasteiger partial charge in [-0.2, -0.15) is 0 Å². The molecule has 0 spiro atoms. The molecule has 0 saturated heterocycles. The first-order chi connectivity index (χ1) is 7.17. The summed E-state index contributed by atoms with van der Waals surface area (Å²) in [5.74, 6) is 0. The molecular weight excluding hydrogens is 216 g/mol. The van der Waals surface area contributed by atoms with Gasteiger partial charge >= 0.3 is 0 Å². The number of allylic oxidation sites excluding steroid dienone is 1. The van der Waals surface area contributed by atoms with Gasteiger partial charge in [-0.15, -0.1) is 6.58 Å². The van der Waals surface area contributed by atoms with Gasteiger partial charge in [0.2, 0.25) is 0 Å². The fourth-order valence-corrected chi connectivity index (χ4v) is 10.5. The van der Waals surface area contributed by atoms with Crippen molar-refractivity contribution < 1.29 is 4.12 Å². The Morgan fingerprint density at radius 3 is 2.00 bits per heavy atom. The Bertz CT molecular complexity index is 159. The molecule has 0 aromatic heterocycles. The lowest BCUT2D eigenvalue weighted by Gasteiger charge is -2.32. The van der Waals surface area contributed by atoms with Gasteiger partial charge in [0.15, 0.2) is 17.4 Å². The first kappa shape index (κ1) is 15.1. The molecule has 1 nitrogen and oxygen atoms in total. The Kier molecular flexibility index (Phi) is 8.38. The monoisotopic (exact) mass is 244 g/mol. The third kappa shape index (κ3) is 5.13. The molecule has 1 unspecified atom stereocenters. The summed E-state index contributed by atoms with van der Waals surface area (Å²) in [5, 5.41) is 0. The Morgan fingerprint density at radius 1 is 1.13 bits per heavy atom. The quantitative estimate of drug-likeness (QED) is 0.433. The fraction of sp³-hybridized carbons (Fsp3) is 0.833. The predicted octanol–water partition coefficient (Wildman–Crippen LogP) is 4.33. The van der Waals surface area contributed by atoms with Crippen LogP contribution in [0.3, 0.4) is 0 Å². The van der Waals surface area contributed by atoms with Crippen LogP contribution in [0.1, 0.15) is 34.1 Å². The van der Waals surface area contributed by atoms with Crippen LogP contribution in [-0.4, -0.2) is 17.4 Å². The zero-order valence-corrected chi connectivity index (χ0v) is 13.2. The van der Waals surface area contributed by atoms with Crippen molar-refractivity contribution in [2.45, 2.75) is 64.3 Å². The second kappa shape index (κ2) is 8.30. The molecule has 0 aliphatic carbocycles. The highest BCUT2D eigenvalue weighted by Crippen LogP contribution is 2.24. The van der Waals surface area contributed by atoms with Crippen molar-refractivity contribution in [2.75, 3.05) is 0 Å². The van der Waals surface area contributed by atoms with E-state index in [0.29, 0.717) is 0 Å². The second-order valence-electron chi connectivity index (χ2n) is 4.26. The molecule has 0 rings (SSSR count). The largest absolute Gasteiger partial charge is 0.457 e. The van der Waals surface area contributed by atoms with E-state index in [1.165, 1.54) is 30.2 Å². The van der Waals surface area contributed by atoms with E-state index in [2.05, 4.69) is 34.3 Å². The van der Waals surface area contributed by atoms with Crippen LogP contribution in [0.4, 0.5) is 0 Å². The molecule has 3 heteroatoms. The summed E-state index contributed by atoms with van der Waals surface area (Å²) in [7, 11) is -2.24. The van der Waals surface area contributed by atoms with Crippen molar-refractivity contribution in [3.63, 3.8) is 0 Å². The van der Waals surface area contributed by atoms with E-state index in [1.807, 2.05) is 6.08 Å². The van der Waals surface area contributed by atoms with Crippen LogP contribution < -0.4 is 0 Å². The highest BCUT2D eigenvalue weighted by atomic mass is 28.4. The second-order valence-corrected chi connectivity index (χ2v) is 12.3. The summed E-state index contributed by atoms with van der Waals surface area (Å²) in [6.07, 6.45) is 3.18. The summed E-state index contributed by atoms with van der Waals surface area (Å²) >= 11 is 0. The lowest BCUT2D eigenvalue weighted by atomic mass is 10.5. The van der Waals surface area contributed by atoms with Crippen molar-refractivity contribution >= 4 is 17.4 Å². The lowest BCUT2D eigenvalue weighted by molar-refractivity contribution is 0.539. The van der Waals surface area contributed by atoms with Gasteiger partial charge in [-0.3, -0.25) is 0 Å². The van der Waals surface area contributed by atoms with Crippen molar-refractivity contribution in [1.29, 1.82) is 0 Å². The zero-order valence-electron chi connectivity index (χ0n) is 11.0. The van der Waals surface area contributed by atoms with Gasteiger partial charge < -0.3 is 4.12 Å². The van der Waals surface area contributed by atoms with Crippen LogP contribution in [0.15, 0.2) is 12.7 Å². The first-order valence-corrected chi connectivity index (χ1v) is 11.1. The predicted molar refractivity (Wildman–Crippen MR) is 75.5 cm³/mol. The van der Waals surface area contributed by atoms with Gasteiger partial charge in [-0.05, 0) is 36.6 Å². The molecule has 0 aromatic rings. The summed E-state index contributed by atoms with van der Waals surface area (Å²) in [6, 6.07) is 6.43. The molecule has 0 bridgehead atoms. The molecule has 0 heterocycles. The molecule has 0 aromatic carbocycles. The minimum absolute atomic E-state index is 0.918. The summed E-state index contributed by atoms with van der Waals surface area (Å²) in [6.45, 7) is 13.0. The Labute approximate surface area is 98.8 Å². The van der Waals surface area contributed by atoms with E-state index in [9.17, 15) is 0 Å².